The smallest absolute Gasteiger partial charge is 0.257 e. The van der Waals surface area contributed by atoms with E-state index in [-0.39, 0.29) is 22.8 Å². The molecule has 2 aromatic carbocycles. The number of anilines is 2. The summed E-state index contributed by atoms with van der Waals surface area (Å²) in [6, 6.07) is 13.1. The average molecular weight is 487 g/mol. The van der Waals surface area contributed by atoms with Crippen LogP contribution in [0, 0.1) is 5.92 Å². The number of rotatable bonds is 5. The Morgan fingerprint density at radius 1 is 0.970 bits per heavy atom. The van der Waals surface area contributed by atoms with E-state index in [1.54, 1.807) is 18.2 Å². The zero-order chi connectivity index (χ0) is 24.1. The molecule has 2 N–H and O–H groups in total. The van der Waals surface area contributed by atoms with Crippen LogP contribution >= 0.6 is 23.8 Å². The summed E-state index contributed by atoms with van der Waals surface area (Å²) in [7, 11) is 0. The first-order valence-electron chi connectivity index (χ1n) is 11.2. The molecule has 33 heavy (non-hydrogen) atoms. The van der Waals surface area contributed by atoms with Crippen LogP contribution in [0.3, 0.4) is 0 Å². The Bertz CT molecular complexity index is 1020. The number of carbonyl (C=O) groups is 2. The lowest BCUT2D eigenvalue weighted by Crippen LogP contribution is -2.50. The number of hydrogen-bond donors (Lipinski definition) is 2. The van der Waals surface area contributed by atoms with Gasteiger partial charge in [0.1, 0.15) is 0 Å². The Morgan fingerprint density at radius 2 is 1.61 bits per heavy atom. The second-order valence-corrected chi connectivity index (χ2v) is 9.63. The van der Waals surface area contributed by atoms with E-state index in [1.807, 2.05) is 43.0 Å². The van der Waals surface area contributed by atoms with Crippen LogP contribution in [-0.4, -0.2) is 48.0 Å². The number of nitrogens with one attached hydrogen (secondary N) is 2. The van der Waals surface area contributed by atoms with Crippen molar-refractivity contribution in [2.45, 2.75) is 33.6 Å². The molecule has 1 aliphatic heterocycles. The molecule has 0 spiro atoms. The van der Waals surface area contributed by atoms with Crippen molar-refractivity contribution in [3.8, 4) is 0 Å². The van der Waals surface area contributed by atoms with Crippen molar-refractivity contribution in [2.24, 2.45) is 5.92 Å². The van der Waals surface area contributed by atoms with Crippen molar-refractivity contribution in [3.05, 3.63) is 58.6 Å². The monoisotopic (exact) mass is 486 g/mol. The minimum absolute atomic E-state index is 0.00854. The molecular weight excluding hydrogens is 456 g/mol. The number of carbonyl (C=O) groups excluding carboxylic acids is 2. The molecule has 2 aromatic rings. The Balaban J connectivity index is 1.56. The molecule has 176 valence electrons. The van der Waals surface area contributed by atoms with Crippen molar-refractivity contribution in [1.29, 1.82) is 0 Å². The lowest BCUT2D eigenvalue weighted by atomic mass is 10.0. The predicted octanol–water partition coefficient (Wildman–Crippen LogP) is 4.89. The van der Waals surface area contributed by atoms with E-state index >= 15 is 0 Å². The highest BCUT2D eigenvalue weighted by Gasteiger charge is 2.24. The molecule has 0 aromatic heterocycles. The molecule has 0 bridgehead atoms. The summed E-state index contributed by atoms with van der Waals surface area (Å²) in [4.78, 5) is 28.7. The molecule has 2 amide bonds. The quantitative estimate of drug-likeness (QED) is 0.589. The molecular formula is C25H31ClN4O2S. The molecule has 1 saturated heterocycles. The Hall–Kier alpha value is -2.64. The molecule has 0 unspecified atom stereocenters. The highest BCUT2D eigenvalue weighted by molar-refractivity contribution is 7.80. The number of piperazine rings is 1. The van der Waals surface area contributed by atoms with Crippen LogP contribution in [0.15, 0.2) is 42.5 Å². The van der Waals surface area contributed by atoms with Gasteiger partial charge in [-0.3, -0.25) is 14.9 Å². The summed E-state index contributed by atoms with van der Waals surface area (Å²) in [5.74, 6) is 0.337. The van der Waals surface area contributed by atoms with Gasteiger partial charge in [-0.2, -0.15) is 0 Å². The van der Waals surface area contributed by atoms with E-state index in [0.717, 1.165) is 18.8 Å². The second kappa shape index (κ2) is 11.0. The first-order valence-corrected chi connectivity index (χ1v) is 12.0. The number of benzene rings is 2. The third-order valence-corrected chi connectivity index (χ3v) is 6.20. The first-order chi connectivity index (χ1) is 15.7. The molecule has 0 atom stereocenters. The van der Waals surface area contributed by atoms with Crippen LogP contribution in [-0.2, 0) is 4.79 Å². The van der Waals surface area contributed by atoms with Crippen LogP contribution in [0.1, 0.15) is 49.5 Å². The Labute approximate surface area is 206 Å². The van der Waals surface area contributed by atoms with Gasteiger partial charge in [-0.05, 0) is 54.0 Å². The van der Waals surface area contributed by atoms with Gasteiger partial charge in [-0.1, -0.05) is 51.4 Å². The maximum absolute atomic E-state index is 12.5. The van der Waals surface area contributed by atoms with E-state index in [9.17, 15) is 9.59 Å². The van der Waals surface area contributed by atoms with Crippen LogP contribution in [0.2, 0.25) is 5.02 Å². The van der Waals surface area contributed by atoms with Crippen LogP contribution in [0.4, 0.5) is 11.4 Å². The number of thiocarbonyl (C=S) groups is 1. The van der Waals surface area contributed by atoms with Crippen LogP contribution < -0.4 is 15.5 Å². The molecule has 0 radical (unpaired) electrons. The zero-order valence-electron chi connectivity index (χ0n) is 19.5. The standard InChI is InChI=1S/C25H31ClN4O2S/c1-16(2)18-5-7-19(8-6-18)23(31)28-25(33)27-20-9-10-22(21(26)15-20)29-11-13-30(14-12-29)24(32)17(3)4/h5-10,15-17H,11-14H2,1-4H3,(H2,27,28,31,33). The van der Waals surface area contributed by atoms with Gasteiger partial charge < -0.3 is 15.1 Å². The number of amides is 2. The van der Waals surface area contributed by atoms with Gasteiger partial charge in [0, 0.05) is 43.3 Å². The largest absolute Gasteiger partial charge is 0.367 e. The average Bonchev–Trinajstić information content (AvgIpc) is 2.78. The summed E-state index contributed by atoms with van der Waals surface area (Å²) in [6.07, 6.45) is 0. The van der Waals surface area contributed by atoms with Gasteiger partial charge in [0.05, 0.1) is 10.7 Å². The van der Waals surface area contributed by atoms with Gasteiger partial charge >= 0.3 is 0 Å². The van der Waals surface area contributed by atoms with E-state index in [4.69, 9.17) is 23.8 Å². The molecule has 1 heterocycles. The minimum atomic E-state index is -0.265. The van der Waals surface area contributed by atoms with Crippen LogP contribution in [0.25, 0.3) is 0 Å². The van der Waals surface area contributed by atoms with Crippen molar-refractivity contribution >= 4 is 52.1 Å². The molecule has 0 aliphatic carbocycles. The van der Waals surface area contributed by atoms with Gasteiger partial charge in [-0.25, -0.2) is 0 Å². The van der Waals surface area contributed by atoms with Gasteiger partial charge in [0.25, 0.3) is 5.91 Å². The lowest BCUT2D eigenvalue weighted by Gasteiger charge is -2.37. The maximum Gasteiger partial charge on any atom is 0.257 e. The normalized spacial score (nSPS) is 13.9. The summed E-state index contributed by atoms with van der Waals surface area (Å²) >= 11 is 11.8. The van der Waals surface area contributed by atoms with Gasteiger partial charge in [-0.15, -0.1) is 0 Å². The number of hydrogen-bond acceptors (Lipinski definition) is 4. The number of halogens is 1. The number of nitrogens with zero attached hydrogens (tertiary/aromatic N) is 2. The summed E-state index contributed by atoms with van der Waals surface area (Å²) in [5, 5.41) is 6.52. The van der Waals surface area contributed by atoms with E-state index in [0.29, 0.717) is 35.3 Å². The topological polar surface area (TPSA) is 64.7 Å². The fourth-order valence-electron chi connectivity index (χ4n) is 3.73. The van der Waals surface area contributed by atoms with Crippen molar-refractivity contribution in [1.82, 2.24) is 10.2 Å². The summed E-state index contributed by atoms with van der Waals surface area (Å²) < 4.78 is 0. The Kier molecular flexibility index (Phi) is 8.32. The zero-order valence-corrected chi connectivity index (χ0v) is 21.1. The van der Waals surface area contributed by atoms with Gasteiger partial charge in [0.2, 0.25) is 5.91 Å². The van der Waals surface area contributed by atoms with Crippen molar-refractivity contribution in [3.63, 3.8) is 0 Å². The fourth-order valence-corrected chi connectivity index (χ4v) is 4.24. The second-order valence-electron chi connectivity index (χ2n) is 8.82. The van der Waals surface area contributed by atoms with E-state index in [2.05, 4.69) is 29.4 Å². The summed E-state index contributed by atoms with van der Waals surface area (Å²) in [6.45, 7) is 10.9. The highest BCUT2D eigenvalue weighted by atomic mass is 35.5. The maximum atomic E-state index is 12.5. The van der Waals surface area contributed by atoms with E-state index < -0.39 is 0 Å². The van der Waals surface area contributed by atoms with Crippen molar-refractivity contribution < 1.29 is 9.59 Å². The fraction of sp³-hybridized carbons (Fsp3) is 0.400. The molecule has 1 aliphatic rings. The SMILES string of the molecule is CC(C)C(=O)N1CCN(c2ccc(NC(=S)NC(=O)c3ccc(C(C)C)cc3)cc2Cl)CC1. The Morgan fingerprint density at radius 3 is 2.15 bits per heavy atom. The first kappa shape index (κ1) is 25.0. The minimum Gasteiger partial charge on any atom is -0.367 e. The summed E-state index contributed by atoms with van der Waals surface area (Å²) in [5.41, 5.74) is 3.33. The van der Waals surface area contributed by atoms with Crippen LogP contribution in [0.5, 0.6) is 0 Å². The third-order valence-electron chi connectivity index (χ3n) is 5.70. The predicted molar refractivity (Wildman–Crippen MR) is 139 cm³/mol. The van der Waals surface area contributed by atoms with Crippen molar-refractivity contribution in [2.75, 3.05) is 36.4 Å². The molecule has 1 fully saturated rings. The van der Waals surface area contributed by atoms with E-state index in [1.165, 1.54) is 5.56 Å². The molecule has 8 heteroatoms. The molecule has 3 rings (SSSR count). The lowest BCUT2D eigenvalue weighted by molar-refractivity contribution is -0.134. The van der Waals surface area contributed by atoms with Gasteiger partial charge in [0.15, 0.2) is 5.11 Å². The highest BCUT2D eigenvalue weighted by Crippen LogP contribution is 2.30. The third kappa shape index (κ3) is 6.45. The molecule has 0 saturated carbocycles. The molecule has 6 nitrogen and oxygen atoms in total.